The Morgan fingerprint density at radius 3 is 2.67 bits per heavy atom. The van der Waals surface area contributed by atoms with Gasteiger partial charge < -0.3 is 15.8 Å². The van der Waals surface area contributed by atoms with Crippen LogP contribution in [0.2, 0.25) is 10.0 Å². The number of halogens is 2. The summed E-state index contributed by atoms with van der Waals surface area (Å²) in [4.78, 5) is 18.1. The van der Waals surface area contributed by atoms with Gasteiger partial charge in [-0.2, -0.15) is 5.10 Å². The minimum atomic E-state index is -3.89. The topological polar surface area (TPSA) is 144 Å². The summed E-state index contributed by atoms with van der Waals surface area (Å²) in [5.41, 5.74) is 7.18. The van der Waals surface area contributed by atoms with Crippen LogP contribution in [0, 0.1) is 0 Å². The molecule has 0 fully saturated rings. The third kappa shape index (κ3) is 3.60. The van der Waals surface area contributed by atoms with E-state index in [1.807, 2.05) is 0 Å². The van der Waals surface area contributed by atoms with Crippen LogP contribution in [0.1, 0.15) is 15.9 Å². The number of nitrogens with two attached hydrogens (primary N) is 1. The van der Waals surface area contributed by atoms with Crippen molar-refractivity contribution in [1.29, 1.82) is 0 Å². The molecule has 2 aromatic carbocycles. The summed E-state index contributed by atoms with van der Waals surface area (Å²) < 4.78 is 27.2. The van der Waals surface area contributed by atoms with Gasteiger partial charge in [0, 0.05) is 22.5 Å². The summed E-state index contributed by atoms with van der Waals surface area (Å²) >= 11 is 12.4. The molecule has 0 aliphatic rings. The monoisotopic (exact) mass is 465 g/mol. The number of aromatic amines is 1. The molecule has 4 N–H and O–H groups in total. The van der Waals surface area contributed by atoms with E-state index < -0.39 is 21.6 Å². The van der Waals surface area contributed by atoms with Crippen molar-refractivity contribution in [3.63, 3.8) is 0 Å². The maximum Gasteiger partial charge on any atom is 0.338 e. The highest BCUT2D eigenvalue weighted by Gasteiger charge is 2.23. The molecule has 0 saturated carbocycles. The number of imidazole rings is 1. The number of carboxylic acid groups (broad SMARTS) is 1. The summed E-state index contributed by atoms with van der Waals surface area (Å²) in [6.07, 6.45) is 2.45. The van der Waals surface area contributed by atoms with E-state index >= 15 is 0 Å². The minimum Gasteiger partial charge on any atom is -0.478 e. The highest BCUT2D eigenvalue weighted by Crippen LogP contribution is 2.32. The Hall–Kier alpha value is -3.08. The van der Waals surface area contributed by atoms with E-state index in [4.69, 9.17) is 34.0 Å². The van der Waals surface area contributed by atoms with Crippen molar-refractivity contribution in [2.24, 2.45) is 0 Å². The predicted molar refractivity (Wildman–Crippen MR) is 112 cm³/mol. The van der Waals surface area contributed by atoms with Gasteiger partial charge in [-0.25, -0.2) is 22.9 Å². The van der Waals surface area contributed by atoms with E-state index in [0.717, 1.165) is 0 Å². The van der Waals surface area contributed by atoms with Crippen LogP contribution in [0.5, 0.6) is 0 Å². The second kappa shape index (κ2) is 7.31. The Morgan fingerprint density at radius 2 is 2.00 bits per heavy atom. The first-order chi connectivity index (χ1) is 14.2. The predicted octanol–water partition coefficient (Wildman–Crippen LogP) is 3.31. The maximum atomic E-state index is 13.0. The zero-order valence-electron chi connectivity index (χ0n) is 15.0. The number of H-pyrrole nitrogens is 1. The van der Waals surface area contributed by atoms with Crippen molar-refractivity contribution in [1.82, 2.24) is 19.7 Å². The molecule has 4 rings (SSSR count). The van der Waals surface area contributed by atoms with Gasteiger partial charge in [0.15, 0.2) is 9.84 Å². The molecule has 30 heavy (non-hydrogen) atoms. The summed E-state index contributed by atoms with van der Waals surface area (Å²) in [6, 6.07) is 7.52. The Morgan fingerprint density at radius 1 is 1.23 bits per heavy atom. The molecule has 4 aromatic rings. The van der Waals surface area contributed by atoms with Gasteiger partial charge in [0.05, 0.1) is 38.5 Å². The summed E-state index contributed by atoms with van der Waals surface area (Å²) in [5, 5.41) is 13.2. The molecular weight excluding hydrogens is 453 g/mol. The Bertz CT molecular complexity index is 1390. The number of sulfone groups is 1. The van der Waals surface area contributed by atoms with Gasteiger partial charge in [-0.05, 0) is 24.3 Å². The van der Waals surface area contributed by atoms with E-state index in [9.17, 15) is 13.2 Å². The van der Waals surface area contributed by atoms with Crippen LogP contribution < -0.4 is 5.73 Å². The number of hydrogen-bond acceptors (Lipinski definition) is 6. The third-order valence-corrected chi connectivity index (χ3v) is 6.85. The van der Waals surface area contributed by atoms with Crippen LogP contribution in [0.4, 0.5) is 5.69 Å². The second-order valence-corrected chi connectivity index (χ2v) is 9.18. The van der Waals surface area contributed by atoms with Crippen LogP contribution in [0.3, 0.4) is 0 Å². The fourth-order valence-electron chi connectivity index (χ4n) is 2.89. The van der Waals surface area contributed by atoms with Gasteiger partial charge in [0.1, 0.15) is 0 Å². The van der Waals surface area contributed by atoms with E-state index in [-0.39, 0.29) is 37.7 Å². The molecule has 0 atom stereocenters. The quantitative estimate of drug-likeness (QED) is 0.383. The molecule has 0 unspecified atom stereocenters. The highest BCUT2D eigenvalue weighted by molar-refractivity contribution is 7.90. The van der Waals surface area contributed by atoms with Crippen LogP contribution >= 0.6 is 23.2 Å². The molecule has 0 aliphatic heterocycles. The largest absolute Gasteiger partial charge is 0.478 e. The van der Waals surface area contributed by atoms with Gasteiger partial charge in [0.2, 0.25) is 5.95 Å². The van der Waals surface area contributed by atoms with Crippen molar-refractivity contribution >= 4 is 55.7 Å². The lowest BCUT2D eigenvalue weighted by Crippen LogP contribution is -2.08. The standard InChI is InChI=1S/C18H13Cl2N5O4S/c19-11-2-1-3-13(21)10(11)8-30(28,29)16-5-15-14(4-12(16)20)23-18(24-15)25-7-9(6-22-25)17(26)27/h1-7H,8,21H2,(H,23,24)(H,26,27). The first kappa shape index (κ1) is 20.2. The SMILES string of the molecule is Nc1cccc(Cl)c1CS(=O)(=O)c1cc2nc(-n3cc(C(=O)O)cn3)[nH]c2cc1Cl. The normalized spacial score (nSPS) is 11.8. The lowest BCUT2D eigenvalue weighted by atomic mass is 10.2. The maximum absolute atomic E-state index is 13.0. The molecule has 2 aromatic heterocycles. The lowest BCUT2D eigenvalue weighted by Gasteiger charge is -2.10. The molecule has 0 amide bonds. The van der Waals surface area contributed by atoms with Gasteiger partial charge in [-0.3, -0.25) is 0 Å². The number of benzene rings is 2. The first-order valence-electron chi connectivity index (χ1n) is 8.39. The second-order valence-electron chi connectivity index (χ2n) is 6.41. The molecule has 0 spiro atoms. The van der Waals surface area contributed by atoms with Crippen LogP contribution in [0.25, 0.3) is 17.0 Å². The molecule has 0 bridgehead atoms. The summed E-state index contributed by atoms with van der Waals surface area (Å²) in [6.45, 7) is 0. The average molecular weight is 466 g/mol. The molecule has 0 radical (unpaired) electrons. The fraction of sp³-hybridized carbons (Fsp3) is 0.0556. The zero-order chi connectivity index (χ0) is 21.6. The lowest BCUT2D eigenvalue weighted by molar-refractivity contribution is 0.0697. The number of nitrogen functional groups attached to an aromatic ring is 1. The Kier molecular flexibility index (Phi) is 4.92. The zero-order valence-corrected chi connectivity index (χ0v) is 17.3. The molecule has 12 heteroatoms. The van der Waals surface area contributed by atoms with Gasteiger partial charge in [-0.1, -0.05) is 29.3 Å². The Balaban J connectivity index is 1.76. The van der Waals surface area contributed by atoms with Gasteiger partial charge >= 0.3 is 5.97 Å². The van der Waals surface area contributed by atoms with Crippen LogP contribution in [-0.2, 0) is 15.6 Å². The smallest absolute Gasteiger partial charge is 0.338 e. The number of rotatable bonds is 5. The van der Waals surface area contributed by atoms with Crippen molar-refractivity contribution in [3.8, 4) is 5.95 Å². The highest BCUT2D eigenvalue weighted by atomic mass is 35.5. The van der Waals surface area contributed by atoms with Crippen molar-refractivity contribution in [2.75, 3.05) is 5.73 Å². The molecule has 0 saturated heterocycles. The van der Waals surface area contributed by atoms with E-state index in [0.29, 0.717) is 11.0 Å². The first-order valence-corrected chi connectivity index (χ1v) is 10.8. The molecule has 0 aliphatic carbocycles. The summed E-state index contributed by atoms with van der Waals surface area (Å²) in [5.74, 6) is -1.35. The number of fused-ring (bicyclic) bond motifs is 1. The number of carbonyl (C=O) groups is 1. The molecular formula is C18H13Cl2N5O4S. The number of nitrogens with one attached hydrogen (secondary N) is 1. The fourth-order valence-corrected chi connectivity index (χ4v) is 5.24. The number of carboxylic acids is 1. The van der Waals surface area contributed by atoms with Gasteiger partial charge in [0.25, 0.3) is 0 Å². The Labute approximate surface area is 180 Å². The molecule has 9 nitrogen and oxygen atoms in total. The third-order valence-electron chi connectivity index (χ3n) is 4.39. The van der Waals surface area contributed by atoms with E-state index in [2.05, 4.69) is 15.1 Å². The number of aromatic carboxylic acids is 1. The number of nitrogens with zero attached hydrogens (tertiary/aromatic N) is 3. The number of anilines is 1. The van der Waals surface area contributed by atoms with E-state index in [1.165, 1.54) is 29.2 Å². The average Bonchev–Trinajstić information content (AvgIpc) is 3.30. The van der Waals surface area contributed by atoms with Gasteiger partial charge in [-0.15, -0.1) is 0 Å². The van der Waals surface area contributed by atoms with Crippen LogP contribution in [-0.4, -0.2) is 39.2 Å². The van der Waals surface area contributed by atoms with E-state index in [1.54, 1.807) is 18.2 Å². The molecule has 154 valence electrons. The number of hydrogen-bond donors (Lipinski definition) is 3. The van der Waals surface area contributed by atoms with Crippen LogP contribution in [0.15, 0.2) is 47.6 Å². The van der Waals surface area contributed by atoms with Crippen molar-refractivity contribution < 1.29 is 18.3 Å². The van der Waals surface area contributed by atoms with Crippen molar-refractivity contribution in [2.45, 2.75) is 10.6 Å². The minimum absolute atomic E-state index is 0.00462. The molecule has 2 heterocycles. The number of aromatic nitrogens is 4. The van der Waals surface area contributed by atoms with Crippen molar-refractivity contribution in [3.05, 3.63) is 63.9 Å². The summed E-state index contributed by atoms with van der Waals surface area (Å²) in [7, 11) is -3.89.